The van der Waals surface area contributed by atoms with E-state index in [4.69, 9.17) is 6.42 Å². The molecule has 0 amide bonds. The fraction of sp³-hybridized carbons (Fsp3) is 0.800. The van der Waals surface area contributed by atoms with Crippen molar-refractivity contribution >= 4 is 0 Å². The molecule has 1 nitrogen and oxygen atoms in total. The van der Waals surface area contributed by atoms with Gasteiger partial charge in [-0.2, -0.15) is 0 Å². The number of hydrogen-bond donors (Lipinski definition) is 1. The highest BCUT2D eigenvalue weighted by Gasteiger charge is 2.43. The average molecular weight is 151 g/mol. The van der Waals surface area contributed by atoms with Crippen molar-refractivity contribution in [3.63, 3.8) is 0 Å². The number of rotatable bonds is 4. The number of nitrogens with one attached hydrogen (secondary N) is 1. The summed E-state index contributed by atoms with van der Waals surface area (Å²) in [5.41, 5.74) is 0.516. The van der Waals surface area contributed by atoms with Crippen molar-refractivity contribution in [1.82, 2.24) is 5.32 Å². The van der Waals surface area contributed by atoms with Gasteiger partial charge in [-0.05, 0) is 24.8 Å². The van der Waals surface area contributed by atoms with Crippen molar-refractivity contribution in [3.8, 4) is 12.3 Å². The van der Waals surface area contributed by atoms with Gasteiger partial charge in [0.25, 0.3) is 0 Å². The lowest BCUT2D eigenvalue weighted by Gasteiger charge is -2.21. The van der Waals surface area contributed by atoms with Crippen molar-refractivity contribution in [2.45, 2.75) is 39.2 Å². The van der Waals surface area contributed by atoms with Gasteiger partial charge in [0.15, 0.2) is 0 Å². The number of hydrogen-bond acceptors (Lipinski definition) is 1. The predicted molar refractivity (Wildman–Crippen MR) is 48.3 cm³/mol. The molecule has 1 saturated carbocycles. The molecule has 0 spiro atoms. The van der Waals surface area contributed by atoms with E-state index in [9.17, 15) is 0 Å². The first kappa shape index (κ1) is 8.62. The van der Waals surface area contributed by atoms with Crippen molar-refractivity contribution in [2.24, 2.45) is 5.41 Å². The zero-order valence-electron chi connectivity index (χ0n) is 7.48. The Morgan fingerprint density at radius 1 is 1.64 bits per heavy atom. The highest BCUT2D eigenvalue weighted by atomic mass is 14.9. The van der Waals surface area contributed by atoms with Crippen LogP contribution in [0.5, 0.6) is 0 Å². The van der Waals surface area contributed by atoms with Crippen LogP contribution in [0, 0.1) is 17.8 Å². The fourth-order valence-corrected chi connectivity index (χ4v) is 1.47. The van der Waals surface area contributed by atoms with E-state index in [2.05, 4.69) is 25.1 Å². The lowest BCUT2D eigenvalue weighted by Crippen LogP contribution is -2.35. The van der Waals surface area contributed by atoms with Gasteiger partial charge in [-0.3, -0.25) is 0 Å². The predicted octanol–water partition coefficient (Wildman–Crippen LogP) is 1.79. The molecule has 1 rings (SSSR count). The van der Waals surface area contributed by atoms with E-state index >= 15 is 0 Å². The zero-order valence-corrected chi connectivity index (χ0v) is 7.48. The van der Waals surface area contributed by atoms with Crippen LogP contribution in [0.3, 0.4) is 0 Å². The molecule has 0 bridgehead atoms. The van der Waals surface area contributed by atoms with Gasteiger partial charge in [0.2, 0.25) is 0 Å². The van der Waals surface area contributed by atoms with Gasteiger partial charge < -0.3 is 5.32 Å². The van der Waals surface area contributed by atoms with E-state index in [1.807, 2.05) is 0 Å². The molecule has 62 valence electrons. The summed E-state index contributed by atoms with van der Waals surface area (Å²) in [6.45, 7) is 5.48. The first-order valence-corrected chi connectivity index (χ1v) is 4.40. The molecule has 0 aromatic heterocycles. The molecule has 1 unspecified atom stereocenters. The smallest absolute Gasteiger partial charge is 0.0246 e. The lowest BCUT2D eigenvalue weighted by atomic mass is 9.96. The molecule has 1 aliphatic rings. The topological polar surface area (TPSA) is 12.0 Å². The molecule has 1 heteroatoms. The van der Waals surface area contributed by atoms with E-state index < -0.39 is 0 Å². The van der Waals surface area contributed by atoms with Crippen LogP contribution in [0.1, 0.15) is 33.1 Å². The summed E-state index contributed by atoms with van der Waals surface area (Å²) in [7, 11) is 0. The molecular weight excluding hydrogens is 134 g/mol. The van der Waals surface area contributed by atoms with Crippen LogP contribution < -0.4 is 5.32 Å². The summed E-state index contributed by atoms with van der Waals surface area (Å²) in [6, 6.07) is 0.553. The highest BCUT2D eigenvalue weighted by Crippen LogP contribution is 2.48. The molecule has 0 aromatic rings. The van der Waals surface area contributed by atoms with Gasteiger partial charge in [0.1, 0.15) is 0 Å². The molecule has 1 atom stereocenters. The average Bonchev–Trinajstić information content (AvgIpc) is 2.69. The van der Waals surface area contributed by atoms with Crippen molar-refractivity contribution in [1.29, 1.82) is 0 Å². The lowest BCUT2D eigenvalue weighted by molar-refractivity contribution is 0.369. The van der Waals surface area contributed by atoms with Crippen LogP contribution in [0.15, 0.2) is 0 Å². The third-order valence-corrected chi connectivity index (χ3v) is 2.65. The second-order valence-electron chi connectivity index (χ2n) is 3.67. The summed E-state index contributed by atoms with van der Waals surface area (Å²) in [5.74, 6) is 2.74. The minimum absolute atomic E-state index is 0.516. The normalized spacial score (nSPS) is 22.3. The quantitative estimate of drug-likeness (QED) is 0.604. The maximum Gasteiger partial charge on any atom is 0.0246 e. The Kier molecular flexibility index (Phi) is 2.57. The second kappa shape index (κ2) is 3.28. The minimum atomic E-state index is 0.516. The Balaban J connectivity index is 2.40. The van der Waals surface area contributed by atoms with E-state index in [0.29, 0.717) is 11.5 Å². The van der Waals surface area contributed by atoms with Crippen LogP contribution in [0.2, 0.25) is 0 Å². The second-order valence-corrected chi connectivity index (χ2v) is 3.67. The Morgan fingerprint density at radius 2 is 2.27 bits per heavy atom. The van der Waals surface area contributed by atoms with Crippen molar-refractivity contribution in [3.05, 3.63) is 0 Å². The van der Waals surface area contributed by atoms with Gasteiger partial charge in [-0.15, -0.1) is 12.3 Å². The minimum Gasteiger partial charge on any atom is -0.313 e. The van der Waals surface area contributed by atoms with Crippen LogP contribution in [0.4, 0.5) is 0 Å². The standard InChI is InChI=1S/C10H17N/c1-4-6-9(11-5-2)10(3)7-8-10/h1,9,11H,5-8H2,2-3H3. The number of terminal acetylenes is 1. The van der Waals surface area contributed by atoms with Gasteiger partial charge in [-0.25, -0.2) is 0 Å². The van der Waals surface area contributed by atoms with Gasteiger partial charge >= 0.3 is 0 Å². The van der Waals surface area contributed by atoms with Crippen molar-refractivity contribution in [2.75, 3.05) is 6.54 Å². The Labute approximate surface area is 69.6 Å². The third-order valence-electron chi connectivity index (χ3n) is 2.65. The first-order valence-electron chi connectivity index (χ1n) is 4.40. The monoisotopic (exact) mass is 151 g/mol. The van der Waals surface area contributed by atoms with Gasteiger partial charge in [0.05, 0.1) is 0 Å². The first-order chi connectivity index (χ1) is 5.23. The van der Waals surface area contributed by atoms with Crippen LogP contribution in [0.25, 0.3) is 0 Å². The molecule has 0 aliphatic heterocycles. The molecule has 0 heterocycles. The SMILES string of the molecule is C#CCC(NCC)C1(C)CC1. The molecule has 1 fully saturated rings. The Hall–Kier alpha value is -0.480. The Morgan fingerprint density at radius 3 is 2.64 bits per heavy atom. The molecular formula is C10H17N. The summed E-state index contributed by atoms with van der Waals surface area (Å²) in [4.78, 5) is 0. The van der Waals surface area contributed by atoms with E-state index in [0.717, 1.165) is 13.0 Å². The van der Waals surface area contributed by atoms with E-state index in [1.165, 1.54) is 12.8 Å². The highest BCUT2D eigenvalue weighted by molar-refractivity contribution is 5.03. The molecule has 1 aliphatic carbocycles. The van der Waals surface area contributed by atoms with E-state index in [-0.39, 0.29) is 0 Å². The maximum atomic E-state index is 5.29. The summed E-state index contributed by atoms with van der Waals surface area (Å²) < 4.78 is 0. The molecule has 0 saturated heterocycles. The molecule has 0 aromatic carbocycles. The molecule has 0 radical (unpaired) electrons. The zero-order chi connectivity index (χ0) is 8.32. The van der Waals surface area contributed by atoms with Crippen LogP contribution >= 0.6 is 0 Å². The summed E-state index contributed by atoms with van der Waals surface area (Å²) in [5, 5.41) is 3.44. The summed E-state index contributed by atoms with van der Waals surface area (Å²) >= 11 is 0. The third kappa shape index (κ3) is 1.97. The van der Waals surface area contributed by atoms with Crippen LogP contribution in [-0.2, 0) is 0 Å². The van der Waals surface area contributed by atoms with Crippen molar-refractivity contribution < 1.29 is 0 Å². The van der Waals surface area contributed by atoms with E-state index in [1.54, 1.807) is 0 Å². The molecule has 1 N–H and O–H groups in total. The van der Waals surface area contributed by atoms with Gasteiger partial charge in [-0.1, -0.05) is 13.8 Å². The van der Waals surface area contributed by atoms with Crippen LogP contribution in [-0.4, -0.2) is 12.6 Å². The molecule has 11 heavy (non-hydrogen) atoms. The fourth-order valence-electron chi connectivity index (χ4n) is 1.47. The van der Waals surface area contributed by atoms with Gasteiger partial charge in [0, 0.05) is 12.5 Å². The Bertz CT molecular complexity index is 162. The summed E-state index contributed by atoms with van der Waals surface area (Å²) in [6.07, 6.45) is 8.85. The largest absolute Gasteiger partial charge is 0.313 e. The maximum absolute atomic E-state index is 5.29.